The summed E-state index contributed by atoms with van der Waals surface area (Å²) < 4.78 is 2.90. The molecule has 0 saturated heterocycles. The molecule has 0 aliphatic heterocycles. The van der Waals surface area contributed by atoms with E-state index in [-0.39, 0.29) is 11.2 Å². The van der Waals surface area contributed by atoms with Crippen LogP contribution in [0.3, 0.4) is 0 Å². The van der Waals surface area contributed by atoms with E-state index >= 15 is 0 Å². The molecule has 0 atom stereocenters. The summed E-state index contributed by atoms with van der Waals surface area (Å²) in [5, 5.41) is 0.573. The molecule has 0 aliphatic rings. The van der Waals surface area contributed by atoms with Crippen LogP contribution < -0.4 is 11.2 Å². The molecule has 0 fully saturated rings. The Hall–Kier alpha value is -1.55. The summed E-state index contributed by atoms with van der Waals surface area (Å²) >= 11 is 5.76. The van der Waals surface area contributed by atoms with Crippen LogP contribution in [0.5, 0.6) is 0 Å². The van der Waals surface area contributed by atoms with Crippen molar-refractivity contribution in [2.24, 2.45) is 0 Å². The summed E-state index contributed by atoms with van der Waals surface area (Å²) in [5.74, 6) is 0.343. The van der Waals surface area contributed by atoms with Gasteiger partial charge >= 0.3 is 5.69 Å². The van der Waals surface area contributed by atoms with E-state index in [0.717, 1.165) is 12.8 Å². The van der Waals surface area contributed by atoms with Crippen LogP contribution in [0.1, 0.15) is 19.8 Å². The van der Waals surface area contributed by atoms with Crippen molar-refractivity contribution in [3.05, 3.63) is 45.1 Å². The highest BCUT2D eigenvalue weighted by Gasteiger charge is 2.11. The van der Waals surface area contributed by atoms with Gasteiger partial charge in [0, 0.05) is 19.0 Å². The zero-order valence-electron chi connectivity index (χ0n) is 10.9. The van der Waals surface area contributed by atoms with Crippen molar-refractivity contribution in [2.45, 2.75) is 32.9 Å². The van der Waals surface area contributed by atoms with Crippen LogP contribution >= 0.6 is 11.6 Å². The van der Waals surface area contributed by atoms with E-state index in [4.69, 9.17) is 11.6 Å². The van der Waals surface area contributed by atoms with Gasteiger partial charge in [-0.05, 0) is 18.6 Å². The van der Waals surface area contributed by atoms with Gasteiger partial charge in [0.2, 0.25) is 0 Å². The zero-order valence-corrected chi connectivity index (χ0v) is 11.7. The molecule has 0 saturated carbocycles. The molecular formula is C14H17ClN2O2. The van der Waals surface area contributed by atoms with E-state index in [2.05, 4.69) is 0 Å². The SMILES string of the molecule is CCCCn1c(=O)c2ccccc2n(CCCl)c1=O. The maximum Gasteiger partial charge on any atom is 0.331 e. The maximum atomic E-state index is 12.4. The number of unbranched alkanes of at least 4 members (excludes halogenated alkanes) is 1. The Morgan fingerprint density at radius 3 is 2.53 bits per heavy atom. The van der Waals surface area contributed by atoms with Gasteiger partial charge in [-0.2, -0.15) is 0 Å². The Bertz CT molecular complexity index is 688. The number of hydrogen-bond donors (Lipinski definition) is 0. The number of rotatable bonds is 5. The van der Waals surface area contributed by atoms with Crippen LogP contribution in [-0.2, 0) is 13.1 Å². The van der Waals surface area contributed by atoms with Gasteiger partial charge in [0.15, 0.2) is 0 Å². The van der Waals surface area contributed by atoms with E-state index in [1.807, 2.05) is 19.1 Å². The third kappa shape index (κ3) is 2.59. The van der Waals surface area contributed by atoms with Crippen molar-refractivity contribution < 1.29 is 0 Å². The largest absolute Gasteiger partial charge is 0.331 e. The summed E-state index contributed by atoms with van der Waals surface area (Å²) in [6.07, 6.45) is 1.75. The molecule has 1 aromatic heterocycles. The standard InChI is InChI=1S/C14H17ClN2O2/c1-2-3-9-17-13(18)11-6-4-5-7-12(11)16(10-8-15)14(17)19/h4-7H,2-3,8-10H2,1H3. The molecule has 2 rings (SSSR count). The van der Waals surface area contributed by atoms with Crippen molar-refractivity contribution in [2.75, 3.05) is 5.88 Å². The van der Waals surface area contributed by atoms with Crippen molar-refractivity contribution in [1.29, 1.82) is 0 Å². The van der Waals surface area contributed by atoms with Gasteiger partial charge in [0.1, 0.15) is 0 Å². The van der Waals surface area contributed by atoms with E-state index in [0.29, 0.717) is 29.9 Å². The Kier molecular flexibility index (Phi) is 4.43. The lowest BCUT2D eigenvalue weighted by Crippen LogP contribution is -2.40. The van der Waals surface area contributed by atoms with Crippen LogP contribution in [0.2, 0.25) is 0 Å². The van der Waals surface area contributed by atoms with Gasteiger partial charge in [0.05, 0.1) is 10.9 Å². The third-order valence-electron chi connectivity index (χ3n) is 3.18. The van der Waals surface area contributed by atoms with E-state index in [1.165, 1.54) is 4.57 Å². The normalized spacial score (nSPS) is 11.1. The van der Waals surface area contributed by atoms with Crippen LogP contribution in [0.4, 0.5) is 0 Å². The summed E-state index contributed by atoms with van der Waals surface area (Å²) in [5.41, 5.74) is 0.184. The second-order valence-electron chi connectivity index (χ2n) is 4.45. The Morgan fingerprint density at radius 1 is 1.11 bits per heavy atom. The monoisotopic (exact) mass is 280 g/mol. The van der Waals surface area contributed by atoms with Gasteiger partial charge < -0.3 is 0 Å². The molecule has 1 aromatic carbocycles. The highest BCUT2D eigenvalue weighted by atomic mass is 35.5. The highest BCUT2D eigenvalue weighted by molar-refractivity contribution is 6.17. The van der Waals surface area contributed by atoms with Crippen LogP contribution in [0, 0.1) is 0 Å². The second-order valence-corrected chi connectivity index (χ2v) is 4.83. The van der Waals surface area contributed by atoms with Crippen molar-refractivity contribution in [3.63, 3.8) is 0 Å². The van der Waals surface area contributed by atoms with Crippen molar-refractivity contribution in [1.82, 2.24) is 9.13 Å². The summed E-state index contributed by atoms with van der Waals surface area (Å²) in [6.45, 7) is 2.90. The number of halogens is 1. The first-order valence-electron chi connectivity index (χ1n) is 6.49. The Labute approximate surface area is 116 Å². The van der Waals surface area contributed by atoms with Gasteiger partial charge in [0.25, 0.3) is 5.56 Å². The predicted octanol–water partition coefficient (Wildman–Crippen LogP) is 2.20. The molecule has 0 unspecified atom stereocenters. The number of para-hydroxylation sites is 1. The number of aryl methyl sites for hydroxylation is 1. The number of aromatic nitrogens is 2. The van der Waals surface area contributed by atoms with Gasteiger partial charge in [-0.15, -0.1) is 11.6 Å². The summed E-state index contributed by atoms with van der Waals surface area (Å²) in [4.78, 5) is 24.7. The number of fused-ring (bicyclic) bond motifs is 1. The minimum absolute atomic E-state index is 0.208. The van der Waals surface area contributed by atoms with Crippen molar-refractivity contribution in [3.8, 4) is 0 Å². The molecule has 0 spiro atoms. The fourth-order valence-corrected chi connectivity index (χ4v) is 2.35. The minimum atomic E-state index is -0.266. The summed E-state index contributed by atoms with van der Waals surface area (Å²) in [7, 11) is 0. The average molecular weight is 281 g/mol. The van der Waals surface area contributed by atoms with Crippen LogP contribution in [0.25, 0.3) is 10.9 Å². The molecule has 1 heterocycles. The first-order valence-corrected chi connectivity index (χ1v) is 7.02. The van der Waals surface area contributed by atoms with Gasteiger partial charge in [-0.3, -0.25) is 13.9 Å². The fourth-order valence-electron chi connectivity index (χ4n) is 2.18. The Balaban J connectivity index is 2.75. The molecule has 0 N–H and O–H groups in total. The predicted molar refractivity (Wildman–Crippen MR) is 78.1 cm³/mol. The number of benzene rings is 1. The third-order valence-corrected chi connectivity index (χ3v) is 3.34. The van der Waals surface area contributed by atoms with Crippen LogP contribution in [-0.4, -0.2) is 15.0 Å². The maximum absolute atomic E-state index is 12.4. The second kappa shape index (κ2) is 6.06. The number of hydrogen-bond acceptors (Lipinski definition) is 2. The van der Waals surface area contributed by atoms with Gasteiger partial charge in [-0.25, -0.2) is 4.79 Å². The zero-order chi connectivity index (χ0) is 13.8. The smallest absolute Gasteiger partial charge is 0.292 e. The molecule has 0 amide bonds. The molecule has 0 radical (unpaired) electrons. The molecule has 0 aliphatic carbocycles. The molecule has 0 bridgehead atoms. The quantitative estimate of drug-likeness (QED) is 0.788. The lowest BCUT2D eigenvalue weighted by molar-refractivity contribution is 0.554. The Morgan fingerprint density at radius 2 is 1.84 bits per heavy atom. The molecule has 19 heavy (non-hydrogen) atoms. The molecule has 2 aromatic rings. The van der Waals surface area contributed by atoms with E-state index < -0.39 is 0 Å². The number of alkyl halides is 1. The molecule has 5 heteroatoms. The fraction of sp³-hybridized carbons (Fsp3) is 0.429. The average Bonchev–Trinajstić information content (AvgIpc) is 2.43. The van der Waals surface area contributed by atoms with Crippen molar-refractivity contribution >= 4 is 22.5 Å². The minimum Gasteiger partial charge on any atom is -0.292 e. The van der Waals surface area contributed by atoms with Gasteiger partial charge in [-0.1, -0.05) is 25.5 Å². The first-order chi connectivity index (χ1) is 9.20. The summed E-state index contributed by atoms with van der Waals surface area (Å²) in [6, 6.07) is 7.17. The molecule has 102 valence electrons. The molecular weight excluding hydrogens is 264 g/mol. The topological polar surface area (TPSA) is 44.0 Å². The molecule has 4 nitrogen and oxygen atoms in total. The lowest BCUT2D eigenvalue weighted by Gasteiger charge is -2.12. The lowest BCUT2D eigenvalue weighted by atomic mass is 10.2. The first kappa shape index (κ1) is 13.9. The van der Waals surface area contributed by atoms with Crippen LogP contribution in [0.15, 0.2) is 33.9 Å². The number of nitrogens with zero attached hydrogens (tertiary/aromatic N) is 2. The van der Waals surface area contributed by atoms with E-state index in [1.54, 1.807) is 16.7 Å². The van der Waals surface area contributed by atoms with E-state index in [9.17, 15) is 9.59 Å². The highest BCUT2D eigenvalue weighted by Crippen LogP contribution is 2.07.